The summed E-state index contributed by atoms with van der Waals surface area (Å²) in [6.07, 6.45) is 5.85. The molecule has 0 saturated carbocycles. The van der Waals surface area contributed by atoms with E-state index in [1.54, 1.807) is 18.6 Å². The molecule has 0 spiro atoms. The van der Waals surface area contributed by atoms with Crippen molar-refractivity contribution in [2.45, 2.75) is 19.4 Å². The van der Waals surface area contributed by atoms with Crippen LogP contribution in [0.1, 0.15) is 22.9 Å². The molecule has 82 valence electrons. The molecule has 0 bridgehead atoms. The molecule has 1 aromatic heterocycles. The molecule has 0 fully saturated rings. The van der Waals surface area contributed by atoms with Crippen LogP contribution in [-0.4, -0.2) is 9.97 Å². The molecule has 0 aliphatic heterocycles. The van der Waals surface area contributed by atoms with E-state index < -0.39 is 0 Å². The van der Waals surface area contributed by atoms with Crippen molar-refractivity contribution in [3.63, 3.8) is 0 Å². The van der Waals surface area contributed by atoms with Crippen molar-refractivity contribution < 1.29 is 0 Å². The molecule has 2 N–H and O–H groups in total. The average Bonchev–Trinajstić information content (AvgIpc) is 2.33. The summed E-state index contributed by atoms with van der Waals surface area (Å²) < 4.78 is 0. The van der Waals surface area contributed by atoms with Gasteiger partial charge in [0.05, 0.1) is 11.7 Å². The molecule has 2 aromatic rings. The van der Waals surface area contributed by atoms with Crippen LogP contribution < -0.4 is 5.73 Å². The lowest BCUT2D eigenvalue weighted by atomic mass is 10.0. The van der Waals surface area contributed by atoms with Gasteiger partial charge in [0.15, 0.2) is 0 Å². The fraction of sp³-hybridized carbons (Fsp3) is 0.231. The van der Waals surface area contributed by atoms with E-state index in [1.165, 1.54) is 11.1 Å². The third-order valence-corrected chi connectivity index (χ3v) is 2.66. The molecule has 3 nitrogen and oxygen atoms in total. The van der Waals surface area contributed by atoms with E-state index in [1.807, 2.05) is 12.1 Å². The van der Waals surface area contributed by atoms with Crippen LogP contribution in [0.25, 0.3) is 0 Å². The van der Waals surface area contributed by atoms with E-state index in [2.05, 4.69) is 29.0 Å². The van der Waals surface area contributed by atoms with E-state index in [0.717, 1.165) is 12.1 Å². The quantitative estimate of drug-likeness (QED) is 0.848. The second-order valence-corrected chi connectivity index (χ2v) is 3.87. The summed E-state index contributed by atoms with van der Waals surface area (Å²) in [5, 5.41) is 0. The van der Waals surface area contributed by atoms with Crippen LogP contribution in [0.2, 0.25) is 0 Å². The van der Waals surface area contributed by atoms with Crippen molar-refractivity contribution in [3.8, 4) is 0 Å². The Morgan fingerprint density at radius 1 is 1.25 bits per heavy atom. The molecule has 3 heteroatoms. The van der Waals surface area contributed by atoms with Crippen LogP contribution in [0.15, 0.2) is 42.9 Å². The van der Waals surface area contributed by atoms with Crippen LogP contribution in [0.4, 0.5) is 0 Å². The van der Waals surface area contributed by atoms with Gasteiger partial charge in [-0.2, -0.15) is 0 Å². The van der Waals surface area contributed by atoms with Crippen molar-refractivity contribution in [2.24, 2.45) is 5.73 Å². The molecule has 0 radical (unpaired) electrons. The number of benzene rings is 1. The molecule has 2 rings (SSSR count). The van der Waals surface area contributed by atoms with Gasteiger partial charge >= 0.3 is 0 Å². The maximum Gasteiger partial charge on any atom is 0.0757 e. The predicted octanol–water partition coefficient (Wildman–Crippen LogP) is 2.03. The van der Waals surface area contributed by atoms with Gasteiger partial charge in [-0.15, -0.1) is 0 Å². The maximum atomic E-state index is 6.09. The minimum absolute atomic E-state index is 0.0881. The Kier molecular flexibility index (Phi) is 3.27. The van der Waals surface area contributed by atoms with E-state index in [0.29, 0.717) is 0 Å². The lowest BCUT2D eigenvalue weighted by Gasteiger charge is -2.12. The molecule has 0 aliphatic carbocycles. The van der Waals surface area contributed by atoms with Crippen molar-refractivity contribution >= 4 is 0 Å². The molecular formula is C13H15N3. The molecule has 1 aromatic carbocycles. The minimum atomic E-state index is -0.0881. The average molecular weight is 213 g/mol. The van der Waals surface area contributed by atoms with Gasteiger partial charge in [-0.05, 0) is 24.5 Å². The van der Waals surface area contributed by atoms with E-state index in [4.69, 9.17) is 5.73 Å². The molecule has 1 atom stereocenters. The van der Waals surface area contributed by atoms with E-state index in [9.17, 15) is 0 Å². The van der Waals surface area contributed by atoms with Crippen molar-refractivity contribution in [1.82, 2.24) is 9.97 Å². The zero-order chi connectivity index (χ0) is 11.4. The molecular weight excluding hydrogens is 198 g/mol. The van der Waals surface area contributed by atoms with Crippen LogP contribution >= 0.6 is 0 Å². The Balaban J connectivity index is 2.14. The van der Waals surface area contributed by atoms with Gasteiger partial charge in [0, 0.05) is 18.6 Å². The van der Waals surface area contributed by atoms with Crippen molar-refractivity contribution in [3.05, 3.63) is 59.7 Å². The standard InChI is InChI=1S/C13H15N3/c1-10-4-2-3-5-11(10)8-12(14)13-9-15-6-7-16-13/h2-7,9,12H,8,14H2,1H3. The lowest BCUT2D eigenvalue weighted by molar-refractivity contribution is 0.689. The SMILES string of the molecule is Cc1ccccc1CC(N)c1cnccn1. The zero-order valence-corrected chi connectivity index (χ0v) is 9.30. The molecule has 1 heterocycles. The fourth-order valence-electron chi connectivity index (χ4n) is 1.68. The number of hydrogen-bond acceptors (Lipinski definition) is 3. The first-order valence-electron chi connectivity index (χ1n) is 5.33. The topological polar surface area (TPSA) is 51.8 Å². The molecule has 1 unspecified atom stereocenters. The van der Waals surface area contributed by atoms with Gasteiger partial charge in [-0.1, -0.05) is 24.3 Å². The summed E-state index contributed by atoms with van der Waals surface area (Å²) in [5.74, 6) is 0. The second kappa shape index (κ2) is 4.86. The predicted molar refractivity (Wildman–Crippen MR) is 63.8 cm³/mol. The van der Waals surface area contributed by atoms with Gasteiger partial charge in [0.25, 0.3) is 0 Å². The first kappa shape index (κ1) is 10.8. The van der Waals surface area contributed by atoms with Crippen LogP contribution in [-0.2, 0) is 6.42 Å². The summed E-state index contributed by atoms with van der Waals surface area (Å²) in [5.41, 5.74) is 9.46. The monoisotopic (exact) mass is 213 g/mol. The smallest absolute Gasteiger partial charge is 0.0757 e. The third kappa shape index (κ3) is 2.44. The molecule has 0 saturated heterocycles. The first-order chi connectivity index (χ1) is 7.77. The number of rotatable bonds is 3. The van der Waals surface area contributed by atoms with Crippen molar-refractivity contribution in [2.75, 3.05) is 0 Å². The highest BCUT2D eigenvalue weighted by atomic mass is 14.8. The van der Waals surface area contributed by atoms with Crippen LogP contribution in [0.3, 0.4) is 0 Å². The van der Waals surface area contributed by atoms with Crippen LogP contribution in [0.5, 0.6) is 0 Å². The minimum Gasteiger partial charge on any atom is -0.322 e. The maximum absolute atomic E-state index is 6.09. The summed E-state index contributed by atoms with van der Waals surface area (Å²) in [4.78, 5) is 8.24. The Hall–Kier alpha value is -1.74. The van der Waals surface area contributed by atoms with Crippen LogP contribution in [0, 0.1) is 6.92 Å². The Morgan fingerprint density at radius 2 is 2.06 bits per heavy atom. The zero-order valence-electron chi connectivity index (χ0n) is 9.30. The number of nitrogens with zero attached hydrogens (tertiary/aromatic N) is 2. The number of hydrogen-bond donors (Lipinski definition) is 1. The molecule has 0 aliphatic rings. The highest BCUT2D eigenvalue weighted by Gasteiger charge is 2.09. The van der Waals surface area contributed by atoms with Gasteiger partial charge in [0.1, 0.15) is 0 Å². The number of nitrogens with two attached hydrogens (primary N) is 1. The second-order valence-electron chi connectivity index (χ2n) is 3.87. The van der Waals surface area contributed by atoms with Gasteiger partial charge in [-0.25, -0.2) is 0 Å². The largest absolute Gasteiger partial charge is 0.322 e. The van der Waals surface area contributed by atoms with Gasteiger partial charge in [0.2, 0.25) is 0 Å². The highest BCUT2D eigenvalue weighted by Crippen LogP contribution is 2.15. The highest BCUT2D eigenvalue weighted by molar-refractivity contribution is 5.27. The third-order valence-electron chi connectivity index (χ3n) is 2.66. The summed E-state index contributed by atoms with van der Waals surface area (Å²) in [6.45, 7) is 2.10. The Labute approximate surface area is 95.4 Å². The summed E-state index contributed by atoms with van der Waals surface area (Å²) in [7, 11) is 0. The Morgan fingerprint density at radius 3 is 2.75 bits per heavy atom. The fourth-order valence-corrected chi connectivity index (χ4v) is 1.68. The van der Waals surface area contributed by atoms with Gasteiger partial charge in [-0.3, -0.25) is 9.97 Å². The normalized spacial score (nSPS) is 12.4. The number of aromatic nitrogens is 2. The summed E-state index contributed by atoms with van der Waals surface area (Å²) in [6, 6.07) is 8.18. The molecule has 16 heavy (non-hydrogen) atoms. The first-order valence-corrected chi connectivity index (χ1v) is 5.33. The Bertz CT molecular complexity index is 454. The summed E-state index contributed by atoms with van der Waals surface area (Å²) >= 11 is 0. The molecule has 0 amide bonds. The number of aryl methyl sites for hydroxylation is 1. The van der Waals surface area contributed by atoms with E-state index >= 15 is 0 Å². The van der Waals surface area contributed by atoms with Crippen molar-refractivity contribution in [1.29, 1.82) is 0 Å². The van der Waals surface area contributed by atoms with E-state index in [-0.39, 0.29) is 6.04 Å². The van der Waals surface area contributed by atoms with Gasteiger partial charge < -0.3 is 5.73 Å². The lowest BCUT2D eigenvalue weighted by Crippen LogP contribution is -2.15.